The Kier molecular flexibility index (Phi) is 4.93. The van der Waals surface area contributed by atoms with Gasteiger partial charge in [0.15, 0.2) is 5.82 Å². The lowest BCUT2D eigenvalue weighted by molar-refractivity contribution is 0.475. The summed E-state index contributed by atoms with van der Waals surface area (Å²) in [5.74, 6) is 2.73. The molecular weight excluding hydrogens is 278 g/mol. The number of rotatable bonds is 5. The molecule has 6 nitrogen and oxygen atoms in total. The molecule has 0 radical (unpaired) electrons. The number of anilines is 2. The molecule has 0 aliphatic rings. The van der Waals surface area contributed by atoms with Crippen molar-refractivity contribution in [3.05, 3.63) is 41.7 Å². The van der Waals surface area contributed by atoms with E-state index in [-0.39, 0.29) is 11.7 Å². The number of hydrazone groups is 1. The summed E-state index contributed by atoms with van der Waals surface area (Å²) in [6.07, 6.45) is 1.67. The Labute approximate surface area is 130 Å². The van der Waals surface area contributed by atoms with Crippen LogP contribution in [0.25, 0.3) is 0 Å². The molecule has 0 fully saturated rings. The van der Waals surface area contributed by atoms with Crippen LogP contribution in [-0.2, 0) is 0 Å². The van der Waals surface area contributed by atoms with Crippen molar-refractivity contribution in [2.75, 3.05) is 24.4 Å². The first-order valence-electron chi connectivity index (χ1n) is 7.10. The maximum absolute atomic E-state index is 9.24. The Morgan fingerprint density at radius 2 is 1.86 bits per heavy atom. The highest BCUT2D eigenvalue weighted by Crippen LogP contribution is 2.18. The Morgan fingerprint density at radius 3 is 2.45 bits per heavy atom. The highest BCUT2D eigenvalue weighted by molar-refractivity contribution is 5.80. The molecule has 0 amide bonds. The second kappa shape index (κ2) is 6.89. The Bertz CT molecular complexity index is 624. The smallest absolute Gasteiger partial charge is 0.152 e. The number of hydrogen-bond acceptors (Lipinski definition) is 6. The molecule has 2 rings (SSSR count). The summed E-state index contributed by atoms with van der Waals surface area (Å²) in [4.78, 5) is 10.9. The third-order valence-electron chi connectivity index (χ3n) is 2.99. The fraction of sp³-hybridized carbons (Fsp3) is 0.312. The van der Waals surface area contributed by atoms with Crippen LogP contribution >= 0.6 is 0 Å². The SMILES string of the molecule is CC(C)c1nc(NN=Cc2ccc(O)cc2)cc(N(C)C)n1. The molecular formula is C16H21N5O. The van der Waals surface area contributed by atoms with Gasteiger partial charge < -0.3 is 10.0 Å². The lowest BCUT2D eigenvalue weighted by Gasteiger charge is -2.15. The lowest BCUT2D eigenvalue weighted by Crippen LogP contribution is -2.13. The first-order valence-corrected chi connectivity index (χ1v) is 7.10. The van der Waals surface area contributed by atoms with Crippen LogP contribution in [0.4, 0.5) is 11.6 Å². The molecule has 1 aromatic carbocycles. The van der Waals surface area contributed by atoms with Crippen LogP contribution in [0.5, 0.6) is 5.75 Å². The average molecular weight is 299 g/mol. The van der Waals surface area contributed by atoms with Crippen LogP contribution in [-0.4, -0.2) is 35.4 Å². The topological polar surface area (TPSA) is 73.6 Å². The van der Waals surface area contributed by atoms with Crippen molar-refractivity contribution < 1.29 is 5.11 Å². The third-order valence-corrected chi connectivity index (χ3v) is 2.99. The average Bonchev–Trinajstić information content (AvgIpc) is 2.49. The van der Waals surface area contributed by atoms with Gasteiger partial charge in [-0.2, -0.15) is 5.10 Å². The number of nitrogens with one attached hydrogen (secondary N) is 1. The minimum Gasteiger partial charge on any atom is -0.508 e. The molecule has 0 saturated carbocycles. The molecule has 0 unspecified atom stereocenters. The second-order valence-corrected chi connectivity index (χ2v) is 5.48. The van der Waals surface area contributed by atoms with Crippen LogP contribution in [0, 0.1) is 0 Å². The molecule has 0 spiro atoms. The molecule has 116 valence electrons. The molecule has 1 aromatic heterocycles. The van der Waals surface area contributed by atoms with Crippen LogP contribution in [0.3, 0.4) is 0 Å². The highest BCUT2D eigenvalue weighted by atomic mass is 16.3. The van der Waals surface area contributed by atoms with Crippen LogP contribution in [0.1, 0.15) is 31.2 Å². The van der Waals surface area contributed by atoms with Gasteiger partial charge in [-0.1, -0.05) is 13.8 Å². The standard InChI is InChI=1S/C16H21N5O/c1-11(2)16-18-14(9-15(19-16)21(3)4)20-17-10-12-5-7-13(22)8-6-12/h5-11,22H,1-4H3,(H,18,19,20). The summed E-state index contributed by atoms with van der Waals surface area (Å²) in [6, 6.07) is 8.65. The van der Waals surface area contributed by atoms with Gasteiger partial charge in [0.25, 0.3) is 0 Å². The summed E-state index contributed by atoms with van der Waals surface area (Å²) in [5, 5.41) is 13.4. The van der Waals surface area contributed by atoms with Gasteiger partial charge >= 0.3 is 0 Å². The molecule has 1 heterocycles. The summed E-state index contributed by atoms with van der Waals surface area (Å²) in [6.45, 7) is 4.11. The zero-order valence-corrected chi connectivity index (χ0v) is 13.3. The van der Waals surface area contributed by atoms with Crippen LogP contribution in [0.2, 0.25) is 0 Å². The number of phenols is 1. The van der Waals surface area contributed by atoms with Crippen molar-refractivity contribution in [2.45, 2.75) is 19.8 Å². The minimum atomic E-state index is 0.234. The fourth-order valence-corrected chi connectivity index (χ4v) is 1.73. The monoisotopic (exact) mass is 299 g/mol. The molecule has 0 atom stereocenters. The number of phenolic OH excluding ortho intramolecular Hbond substituents is 1. The quantitative estimate of drug-likeness (QED) is 0.656. The lowest BCUT2D eigenvalue weighted by atomic mass is 10.2. The molecule has 22 heavy (non-hydrogen) atoms. The number of aromatic nitrogens is 2. The van der Waals surface area contributed by atoms with Crippen molar-refractivity contribution in [1.82, 2.24) is 9.97 Å². The Hall–Kier alpha value is -2.63. The van der Waals surface area contributed by atoms with Gasteiger partial charge in [-0.15, -0.1) is 0 Å². The van der Waals surface area contributed by atoms with E-state index < -0.39 is 0 Å². The van der Waals surface area contributed by atoms with E-state index >= 15 is 0 Å². The van der Waals surface area contributed by atoms with Gasteiger partial charge in [-0.3, -0.25) is 5.43 Å². The van der Waals surface area contributed by atoms with E-state index in [1.54, 1.807) is 30.5 Å². The fourth-order valence-electron chi connectivity index (χ4n) is 1.73. The van der Waals surface area contributed by atoms with Crippen LogP contribution < -0.4 is 10.3 Å². The largest absolute Gasteiger partial charge is 0.508 e. The number of benzene rings is 1. The maximum Gasteiger partial charge on any atom is 0.152 e. The Balaban J connectivity index is 2.16. The van der Waals surface area contributed by atoms with E-state index in [4.69, 9.17) is 0 Å². The van der Waals surface area contributed by atoms with Gasteiger partial charge in [0.05, 0.1) is 6.21 Å². The third kappa shape index (κ3) is 4.18. The van der Waals surface area contributed by atoms with Crippen molar-refractivity contribution in [3.8, 4) is 5.75 Å². The maximum atomic E-state index is 9.24. The zero-order valence-electron chi connectivity index (χ0n) is 13.3. The number of aromatic hydroxyl groups is 1. The Morgan fingerprint density at radius 1 is 1.18 bits per heavy atom. The molecule has 0 saturated heterocycles. The normalized spacial score (nSPS) is 11.1. The van der Waals surface area contributed by atoms with Gasteiger partial charge in [-0.05, 0) is 29.8 Å². The van der Waals surface area contributed by atoms with Crippen molar-refractivity contribution in [2.24, 2.45) is 5.10 Å². The second-order valence-electron chi connectivity index (χ2n) is 5.48. The molecule has 0 aliphatic heterocycles. The van der Waals surface area contributed by atoms with Gasteiger partial charge in [-0.25, -0.2) is 9.97 Å². The molecule has 6 heteroatoms. The first kappa shape index (κ1) is 15.8. The summed E-state index contributed by atoms with van der Waals surface area (Å²) in [7, 11) is 3.88. The highest BCUT2D eigenvalue weighted by Gasteiger charge is 2.08. The van der Waals surface area contributed by atoms with E-state index in [0.717, 1.165) is 17.2 Å². The van der Waals surface area contributed by atoms with Gasteiger partial charge in [0.2, 0.25) is 0 Å². The minimum absolute atomic E-state index is 0.234. The summed E-state index contributed by atoms with van der Waals surface area (Å²) in [5.41, 5.74) is 3.81. The van der Waals surface area contributed by atoms with E-state index in [1.807, 2.05) is 25.1 Å². The molecule has 2 aromatic rings. The summed E-state index contributed by atoms with van der Waals surface area (Å²) < 4.78 is 0. The summed E-state index contributed by atoms with van der Waals surface area (Å²) >= 11 is 0. The molecule has 0 aliphatic carbocycles. The zero-order chi connectivity index (χ0) is 16.1. The van der Waals surface area contributed by atoms with Gasteiger partial charge in [0, 0.05) is 26.1 Å². The van der Waals surface area contributed by atoms with E-state index in [1.165, 1.54) is 0 Å². The predicted molar refractivity (Wildman–Crippen MR) is 89.8 cm³/mol. The molecule has 2 N–H and O–H groups in total. The van der Waals surface area contributed by atoms with E-state index in [9.17, 15) is 5.11 Å². The number of hydrogen-bond donors (Lipinski definition) is 2. The van der Waals surface area contributed by atoms with Crippen molar-refractivity contribution in [3.63, 3.8) is 0 Å². The predicted octanol–water partition coefficient (Wildman–Crippen LogP) is 2.82. The molecule has 0 bridgehead atoms. The van der Waals surface area contributed by atoms with E-state index in [2.05, 4.69) is 34.3 Å². The van der Waals surface area contributed by atoms with E-state index in [0.29, 0.717) is 5.82 Å². The first-order chi connectivity index (χ1) is 10.5. The van der Waals surface area contributed by atoms with Gasteiger partial charge in [0.1, 0.15) is 17.4 Å². The number of nitrogens with zero attached hydrogens (tertiary/aromatic N) is 4. The van der Waals surface area contributed by atoms with Crippen LogP contribution in [0.15, 0.2) is 35.4 Å². The van der Waals surface area contributed by atoms with Crippen molar-refractivity contribution in [1.29, 1.82) is 0 Å². The van der Waals surface area contributed by atoms with Crippen molar-refractivity contribution >= 4 is 17.9 Å².